The van der Waals surface area contributed by atoms with Crippen molar-refractivity contribution in [3.8, 4) is 0 Å². The fraction of sp³-hybridized carbons (Fsp3) is 1.00. The molecule has 0 radical (unpaired) electrons. The van der Waals surface area contributed by atoms with Gasteiger partial charge >= 0.3 is 8.56 Å². The van der Waals surface area contributed by atoms with Crippen molar-refractivity contribution in [3.05, 3.63) is 0 Å². The van der Waals surface area contributed by atoms with Crippen LogP contribution in [0.4, 0.5) is 0 Å². The van der Waals surface area contributed by atoms with E-state index >= 15 is 0 Å². The van der Waals surface area contributed by atoms with E-state index < -0.39 is 14.3 Å². The van der Waals surface area contributed by atoms with Gasteiger partial charge in [0, 0.05) is 33.4 Å². The zero-order chi connectivity index (χ0) is 20.3. The second-order valence-corrected chi connectivity index (χ2v) is 12.0. The molecule has 2 atom stereocenters. The highest BCUT2D eigenvalue weighted by molar-refractivity contribution is 6.66. The predicted molar refractivity (Wildman–Crippen MR) is 113 cm³/mol. The third kappa shape index (κ3) is 10.4. The van der Waals surface area contributed by atoms with Crippen LogP contribution >= 0.6 is 0 Å². The molecule has 0 fully saturated rings. The molecule has 0 aromatic heterocycles. The summed E-state index contributed by atoms with van der Waals surface area (Å²) in [6.07, 6.45) is 5.67. The van der Waals surface area contributed by atoms with Gasteiger partial charge in [0.25, 0.3) is 0 Å². The molecule has 0 heterocycles. The summed E-state index contributed by atoms with van der Waals surface area (Å²) >= 11 is 0. The number of methoxy groups -OCH3 is 1. The Morgan fingerprint density at radius 3 is 1.81 bits per heavy atom. The Morgan fingerprint density at radius 2 is 1.38 bits per heavy atom. The highest BCUT2D eigenvalue weighted by atomic mass is 28.4. The van der Waals surface area contributed by atoms with Gasteiger partial charge in [-0.05, 0) is 64.5 Å². The molecule has 0 rings (SSSR count). The van der Waals surface area contributed by atoms with Gasteiger partial charge in [-0.15, -0.1) is 0 Å². The summed E-state index contributed by atoms with van der Waals surface area (Å²) in [5.74, 6) is 0.235. The summed E-state index contributed by atoms with van der Waals surface area (Å²) in [6, 6.07) is 1.08. The Kier molecular flexibility index (Phi) is 12.5. The molecule has 0 amide bonds. The third-order valence-electron chi connectivity index (χ3n) is 5.37. The molecule has 0 saturated heterocycles. The molecule has 0 aliphatic rings. The van der Waals surface area contributed by atoms with E-state index in [-0.39, 0.29) is 0 Å². The molecule has 0 aromatic carbocycles. The zero-order valence-corrected chi connectivity index (χ0v) is 20.1. The Bertz CT molecular complexity index is 350. The van der Waals surface area contributed by atoms with Crippen LogP contribution in [0, 0.1) is 11.3 Å². The molecule has 0 aromatic rings. The van der Waals surface area contributed by atoms with Gasteiger partial charge in [0.1, 0.15) is 0 Å². The molecule has 0 saturated carbocycles. The summed E-state index contributed by atoms with van der Waals surface area (Å²) in [5.41, 5.74) is 0.310. The quantitative estimate of drug-likeness (QED) is 0.248. The number of hydrogen-bond donors (Lipinski definition) is 0. The topological polar surface area (TPSA) is 36.9 Å². The lowest BCUT2D eigenvalue weighted by molar-refractivity contribution is -0.212. The standard InChI is InChI=1S/C21H46O4Si/c1-10-23-21(7,22-8)17-13-15-19(20(4,5)6)16-14-18-26(9,24-11-2)25-12-3/h19H,10-18H2,1-9H3. The van der Waals surface area contributed by atoms with Crippen LogP contribution in [-0.4, -0.2) is 41.3 Å². The van der Waals surface area contributed by atoms with Crippen LogP contribution in [0.15, 0.2) is 0 Å². The van der Waals surface area contributed by atoms with Gasteiger partial charge in [-0.3, -0.25) is 0 Å². The van der Waals surface area contributed by atoms with E-state index in [4.69, 9.17) is 18.3 Å². The summed E-state index contributed by atoms with van der Waals surface area (Å²) in [5, 5.41) is 0. The number of hydrogen-bond acceptors (Lipinski definition) is 4. The molecule has 2 unspecified atom stereocenters. The van der Waals surface area contributed by atoms with Crippen LogP contribution in [0.25, 0.3) is 0 Å². The van der Waals surface area contributed by atoms with Crippen LogP contribution in [0.2, 0.25) is 12.6 Å². The molecule has 0 N–H and O–H groups in total. The average Bonchev–Trinajstić information content (AvgIpc) is 2.53. The molecule has 4 nitrogen and oxygen atoms in total. The van der Waals surface area contributed by atoms with E-state index in [0.29, 0.717) is 17.9 Å². The monoisotopic (exact) mass is 390 g/mol. The first kappa shape index (κ1) is 26.1. The SMILES string of the molecule is CCOC(C)(CCCC(CCC[Si](C)(OCC)OCC)C(C)(C)C)OC. The van der Waals surface area contributed by atoms with E-state index in [0.717, 1.165) is 32.1 Å². The maximum Gasteiger partial charge on any atom is 0.334 e. The lowest BCUT2D eigenvalue weighted by Gasteiger charge is -2.34. The molecule has 158 valence electrons. The first-order valence-electron chi connectivity index (χ1n) is 10.5. The van der Waals surface area contributed by atoms with Crippen molar-refractivity contribution in [3.63, 3.8) is 0 Å². The van der Waals surface area contributed by atoms with Crippen molar-refractivity contribution in [2.24, 2.45) is 11.3 Å². The van der Waals surface area contributed by atoms with Gasteiger partial charge < -0.3 is 18.3 Å². The Balaban J connectivity index is 4.59. The molecule has 0 bridgehead atoms. The Labute approximate surface area is 164 Å². The minimum atomic E-state index is -1.99. The lowest BCUT2D eigenvalue weighted by atomic mass is 9.75. The maximum atomic E-state index is 5.99. The molecule has 5 heteroatoms. The van der Waals surface area contributed by atoms with Crippen LogP contribution in [0.5, 0.6) is 0 Å². The van der Waals surface area contributed by atoms with E-state index in [1.807, 2.05) is 13.8 Å². The normalized spacial score (nSPS) is 16.5. The van der Waals surface area contributed by atoms with Crippen LogP contribution in [-0.2, 0) is 18.3 Å². The van der Waals surface area contributed by atoms with Crippen LogP contribution < -0.4 is 0 Å². The van der Waals surface area contributed by atoms with Crippen molar-refractivity contribution >= 4 is 8.56 Å². The summed E-state index contributed by atoms with van der Waals surface area (Å²) in [6.45, 7) is 19.7. The number of rotatable bonds is 15. The Hall–Kier alpha value is 0.0569. The van der Waals surface area contributed by atoms with Crippen molar-refractivity contribution in [1.82, 2.24) is 0 Å². The van der Waals surface area contributed by atoms with Gasteiger partial charge in [-0.1, -0.05) is 33.6 Å². The fourth-order valence-corrected chi connectivity index (χ4v) is 6.12. The maximum absolute atomic E-state index is 5.99. The first-order chi connectivity index (χ1) is 12.1. The van der Waals surface area contributed by atoms with Gasteiger partial charge in [0.05, 0.1) is 0 Å². The van der Waals surface area contributed by atoms with Crippen molar-refractivity contribution in [1.29, 1.82) is 0 Å². The van der Waals surface area contributed by atoms with Gasteiger partial charge in [-0.2, -0.15) is 0 Å². The van der Waals surface area contributed by atoms with Gasteiger partial charge in [-0.25, -0.2) is 0 Å². The molecule has 0 spiro atoms. The smallest absolute Gasteiger partial charge is 0.334 e. The molecule has 26 heavy (non-hydrogen) atoms. The van der Waals surface area contributed by atoms with Crippen LogP contribution in [0.3, 0.4) is 0 Å². The predicted octanol–water partition coefficient (Wildman–Crippen LogP) is 6.14. The van der Waals surface area contributed by atoms with Crippen molar-refractivity contribution in [2.45, 2.75) is 98.9 Å². The molecular formula is C21H46O4Si. The van der Waals surface area contributed by atoms with Crippen molar-refractivity contribution in [2.75, 3.05) is 26.9 Å². The number of ether oxygens (including phenoxy) is 2. The van der Waals surface area contributed by atoms with E-state index in [1.165, 1.54) is 19.3 Å². The van der Waals surface area contributed by atoms with Gasteiger partial charge in [0.2, 0.25) is 0 Å². The molecule has 0 aliphatic heterocycles. The summed E-state index contributed by atoms with van der Waals surface area (Å²) in [7, 11) is -0.253. The van der Waals surface area contributed by atoms with Crippen LogP contribution in [0.1, 0.15) is 80.6 Å². The van der Waals surface area contributed by atoms with Crippen molar-refractivity contribution < 1.29 is 18.3 Å². The zero-order valence-electron chi connectivity index (χ0n) is 19.1. The van der Waals surface area contributed by atoms with E-state index in [9.17, 15) is 0 Å². The first-order valence-corrected chi connectivity index (χ1v) is 13.0. The summed E-state index contributed by atoms with van der Waals surface area (Å²) in [4.78, 5) is 0. The van der Waals surface area contributed by atoms with E-state index in [2.05, 4.69) is 41.2 Å². The lowest BCUT2D eigenvalue weighted by Crippen LogP contribution is -2.38. The second kappa shape index (κ2) is 12.5. The van der Waals surface area contributed by atoms with E-state index in [1.54, 1.807) is 7.11 Å². The minimum Gasteiger partial charge on any atom is -0.395 e. The summed E-state index contributed by atoms with van der Waals surface area (Å²) < 4.78 is 23.3. The largest absolute Gasteiger partial charge is 0.395 e. The highest BCUT2D eigenvalue weighted by Gasteiger charge is 2.32. The molecule has 0 aliphatic carbocycles. The molecular weight excluding hydrogens is 344 g/mol. The van der Waals surface area contributed by atoms with Gasteiger partial charge in [0.15, 0.2) is 5.79 Å². The average molecular weight is 391 g/mol. The highest BCUT2D eigenvalue weighted by Crippen LogP contribution is 2.36. The Morgan fingerprint density at radius 1 is 0.846 bits per heavy atom. The third-order valence-corrected chi connectivity index (χ3v) is 8.43. The fourth-order valence-electron chi connectivity index (χ4n) is 3.68. The minimum absolute atomic E-state index is 0.310. The second-order valence-electron chi connectivity index (χ2n) is 8.62.